The highest BCUT2D eigenvalue weighted by atomic mass is 35.5. The fraction of sp³-hybridized carbons (Fsp3) is 0.250. The van der Waals surface area contributed by atoms with Crippen molar-refractivity contribution in [3.63, 3.8) is 0 Å². The third kappa shape index (κ3) is 4.19. The normalized spacial score (nSPS) is 10.3. The summed E-state index contributed by atoms with van der Waals surface area (Å²) >= 11 is 5.96. The Kier molecular flexibility index (Phi) is 5.75. The van der Waals surface area contributed by atoms with Gasteiger partial charge in [-0.25, -0.2) is 4.98 Å². The maximum atomic E-state index is 12.0. The van der Waals surface area contributed by atoms with E-state index in [1.54, 1.807) is 43.6 Å². The first-order valence-electron chi connectivity index (χ1n) is 6.80. The highest BCUT2D eigenvalue weighted by molar-refractivity contribution is 6.30. The molecule has 1 heterocycles. The van der Waals surface area contributed by atoms with Crippen molar-refractivity contribution < 1.29 is 14.6 Å². The molecule has 1 amide bonds. The van der Waals surface area contributed by atoms with E-state index in [0.29, 0.717) is 29.6 Å². The molecule has 2 rings (SSSR count). The molecule has 1 aromatic heterocycles. The quantitative estimate of drug-likeness (QED) is 0.830. The van der Waals surface area contributed by atoms with Crippen LogP contribution in [0.4, 0.5) is 0 Å². The number of ether oxygens (including phenoxy) is 1. The number of nitrogens with zero attached hydrogens (tertiary/aromatic N) is 2. The molecule has 2 aromatic rings. The molecule has 0 saturated heterocycles. The van der Waals surface area contributed by atoms with E-state index in [1.807, 2.05) is 6.07 Å². The second-order valence-corrected chi connectivity index (χ2v) is 5.07. The average Bonchev–Trinajstić information content (AvgIpc) is 2.54. The highest BCUT2D eigenvalue weighted by Gasteiger charge is 2.11. The van der Waals surface area contributed by atoms with Crippen LogP contribution in [0.25, 0.3) is 0 Å². The number of aliphatic hydroxyl groups is 1. The van der Waals surface area contributed by atoms with Gasteiger partial charge < -0.3 is 14.7 Å². The largest absolute Gasteiger partial charge is 0.489 e. The number of amides is 1. The first-order chi connectivity index (χ1) is 10.6. The van der Waals surface area contributed by atoms with E-state index in [4.69, 9.17) is 21.4 Å². The maximum absolute atomic E-state index is 12.0. The van der Waals surface area contributed by atoms with E-state index in [1.165, 1.54) is 4.90 Å². The monoisotopic (exact) mass is 320 g/mol. The number of hydrogen-bond donors (Lipinski definition) is 1. The highest BCUT2D eigenvalue weighted by Crippen LogP contribution is 2.17. The van der Waals surface area contributed by atoms with Gasteiger partial charge in [-0.05, 0) is 30.3 Å². The standard InChI is InChI=1S/C16H17ClN2O3/c1-19(9-10-20)16(21)12-4-6-14(7-5-12)22-11-13-3-2-8-18-15(13)17/h2-8,20H,9-11H2,1H3. The number of aromatic nitrogens is 1. The average molecular weight is 321 g/mol. The van der Waals surface area contributed by atoms with Gasteiger partial charge >= 0.3 is 0 Å². The van der Waals surface area contributed by atoms with Crippen molar-refractivity contribution in [2.24, 2.45) is 0 Å². The molecule has 1 N–H and O–H groups in total. The maximum Gasteiger partial charge on any atom is 0.253 e. The Bertz CT molecular complexity index is 632. The molecule has 0 aliphatic heterocycles. The molecule has 5 nitrogen and oxygen atoms in total. The van der Waals surface area contributed by atoms with Crippen LogP contribution in [-0.4, -0.2) is 41.1 Å². The number of benzene rings is 1. The van der Waals surface area contributed by atoms with E-state index in [9.17, 15) is 4.79 Å². The first-order valence-corrected chi connectivity index (χ1v) is 7.18. The van der Waals surface area contributed by atoms with Crippen molar-refractivity contribution in [3.05, 3.63) is 58.9 Å². The Hall–Kier alpha value is -2.11. The molecule has 0 fully saturated rings. The zero-order valence-corrected chi connectivity index (χ0v) is 13.0. The third-order valence-corrected chi connectivity index (χ3v) is 3.45. The van der Waals surface area contributed by atoms with E-state index in [0.717, 1.165) is 5.56 Å². The summed E-state index contributed by atoms with van der Waals surface area (Å²) in [6, 6.07) is 10.5. The van der Waals surface area contributed by atoms with Gasteiger partial charge in [0.2, 0.25) is 0 Å². The summed E-state index contributed by atoms with van der Waals surface area (Å²) in [4.78, 5) is 17.5. The molecule has 0 radical (unpaired) electrons. The molecule has 1 aromatic carbocycles. The second-order valence-electron chi connectivity index (χ2n) is 4.72. The van der Waals surface area contributed by atoms with Crippen molar-refractivity contribution in [1.82, 2.24) is 9.88 Å². The molecule has 0 atom stereocenters. The summed E-state index contributed by atoms with van der Waals surface area (Å²) in [5, 5.41) is 9.26. The minimum atomic E-state index is -0.143. The Labute approximate surface area is 134 Å². The molecule has 0 aliphatic rings. The summed E-state index contributed by atoms with van der Waals surface area (Å²) in [5.74, 6) is 0.497. The van der Waals surface area contributed by atoms with E-state index >= 15 is 0 Å². The van der Waals surface area contributed by atoms with Crippen LogP contribution in [0.5, 0.6) is 5.75 Å². The Morgan fingerprint density at radius 3 is 2.68 bits per heavy atom. The van der Waals surface area contributed by atoms with Gasteiger partial charge in [-0.2, -0.15) is 0 Å². The van der Waals surface area contributed by atoms with Crippen LogP contribution in [0.15, 0.2) is 42.6 Å². The van der Waals surface area contributed by atoms with Gasteiger partial charge in [-0.3, -0.25) is 4.79 Å². The molecule has 0 spiro atoms. The van der Waals surface area contributed by atoms with Crippen molar-refractivity contribution in [1.29, 1.82) is 0 Å². The lowest BCUT2D eigenvalue weighted by Gasteiger charge is -2.15. The SMILES string of the molecule is CN(CCO)C(=O)c1ccc(OCc2cccnc2Cl)cc1. The van der Waals surface area contributed by atoms with Gasteiger partial charge in [0, 0.05) is 30.9 Å². The van der Waals surface area contributed by atoms with Crippen molar-refractivity contribution in [3.8, 4) is 5.75 Å². The van der Waals surface area contributed by atoms with Crippen LogP contribution in [0.3, 0.4) is 0 Å². The Balaban J connectivity index is 1.97. The van der Waals surface area contributed by atoms with E-state index < -0.39 is 0 Å². The van der Waals surface area contributed by atoms with Gasteiger partial charge in [-0.15, -0.1) is 0 Å². The zero-order valence-electron chi connectivity index (χ0n) is 12.2. The fourth-order valence-electron chi connectivity index (χ4n) is 1.85. The van der Waals surface area contributed by atoms with Crippen LogP contribution >= 0.6 is 11.6 Å². The molecule has 6 heteroatoms. The number of carbonyl (C=O) groups excluding carboxylic acids is 1. The molecule has 116 valence electrons. The van der Waals surface area contributed by atoms with Crippen LogP contribution in [0, 0.1) is 0 Å². The summed E-state index contributed by atoms with van der Waals surface area (Å²) in [6.45, 7) is 0.552. The van der Waals surface area contributed by atoms with Gasteiger partial charge in [-0.1, -0.05) is 17.7 Å². The third-order valence-electron chi connectivity index (χ3n) is 3.11. The minimum absolute atomic E-state index is 0.0602. The van der Waals surface area contributed by atoms with Crippen LogP contribution < -0.4 is 4.74 Å². The first kappa shape index (κ1) is 16.3. The summed E-state index contributed by atoms with van der Waals surface area (Å²) < 4.78 is 5.63. The van der Waals surface area contributed by atoms with Crippen molar-refractivity contribution >= 4 is 17.5 Å². The molecular formula is C16H17ClN2O3. The molecule has 0 bridgehead atoms. The molecule has 22 heavy (non-hydrogen) atoms. The van der Waals surface area contributed by atoms with Crippen LogP contribution in [-0.2, 0) is 6.61 Å². The number of hydrogen-bond acceptors (Lipinski definition) is 4. The van der Waals surface area contributed by atoms with Crippen LogP contribution in [0.1, 0.15) is 15.9 Å². The number of halogens is 1. The topological polar surface area (TPSA) is 62.7 Å². The van der Waals surface area contributed by atoms with Gasteiger partial charge in [0.25, 0.3) is 5.91 Å². The molecule has 0 aliphatic carbocycles. The second kappa shape index (κ2) is 7.77. The van der Waals surface area contributed by atoms with E-state index in [-0.39, 0.29) is 12.5 Å². The lowest BCUT2D eigenvalue weighted by atomic mass is 10.2. The van der Waals surface area contributed by atoms with Crippen molar-refractivity contribution in [2.75, 3.05) is 20.2 Å². The zero-order chi connectivity index (χ0) is 15.9. The summed E-state index contributed by atoms with van der Waals surface area (Å²) in [7, 11) is 1.65. The number of aliphatic hydroxyl groups excluding tert-OH is 1. The predicted octanol–water partition coefficient (Wildman–Crippen LogP) is 2.38. The smallest absolute Gasteiger partial charge is 0.253 e. The molecular weight excluding hydrogens is 304 g/mol. The van der Waals surface area contributed by atoms with E-state index in [2.05, 4.69) is 4.98 Å². The molecule has 0 unspecified atom stereocenters. The van der Waals surface area contributed by atoms with Crippen molar-refractivity contribution in [2.45, 2.75) is 6.61 Å². The lowest BCUT2D eigenvalue weighted by Crippen LogP contribution is -2.29. The number of pyridine rings is 1. The lowest BCUT2D eigenvalue weighted by molar-refractivity contribution is 0.0767. The van der Waals surface area contributed by atoms with Crippen LogP contribution in [0.2, 0.25) is 5.15 Å². The fourth-order valence-corrected chi connectivity index (χ4v) is 2.03. The number of carbonyl (C=O) groups is 1. The summed E-state index contributed by atoms with van der Waals surface area (Å²) in [6.07, 6.45) is 1.62. The number of rotatable bonds is 6. The predicted molar refractivity (Wildman–Crippen MR) is 84.1 cm³/mol. The summed E-state index contributed by atoms with van der Waals surface area (Å²) in [5.41, 5.74) is 1.34. The molecule has 0 saturated carbocycles. The Morgan fingerprint density at radius 2 is 2.05 bits per heavy atom. The van der Waals surface area contributed by atoms with Gasteiger partial charge in [0.1, 0.15) is 17.5 Å². The van der Waals surface area contributed by atoms with Gasteiger partial charge in [0.15, 0.2) is 0 Å². The number of likely N-dealkylation sites (N-methyl/N-ethyl adjacent to an activating group) is 1. The Morgan fingerprint density at radius 1 is 1.32 bits per heavy atom. The minimum Gasteiger partial charge on any atom is -0.489 e. The van der Waals surface area contributed by atoms with Gasteiger partial charge in [0.05, 0.1) is 6.61 Å².